The molecule has 0 fully saturated rings. The largest absolute Gasteiger partial charge is 0.241 e. The summed E-state index contributed by atoms with van der Waals surface area (Å²) in [5.41, 5.74) is 3.82. The van der Waals surface area contributed by atoms with Crippen LogP contribution in [-0.2, 0) is 6.42 Å². The van der Waals surface area contributed by atoms with E-state index in [9.17, 15) is 0 Å². The Labute approximate surface area is 85.6 Å². The van der Waals surface area contributed by atoms with Gasteiger partial charge in [0.05, 0.1) is 11.7 Å². The molecular weight excluding hydrogens is 172 g/mol. The summed E-state index contributed by atoms with van der Waals surface area (Å²) in [6.07, 6.45) is 5.00. The average molecular weight is 190 g/mol. The molecule has 0 aliphatic rings. The van der Waals surface area contributed by atoms with Gasteiger partial charge in [-0.05, 0) is 36.6 Å². The van der Waals surface area contributed by atoms with Crippen molar-refractivity contribution in [3.63, 3.8) is 0 Å². The number of pyridine rings is 1. The highest BCUT2D eigenvalue weighted by atomic mass is 15.2. The molecule has 0 aromatic carbocycles. The molecule has 0 spiro atoms. The molecule has 2 rings (SSSR count). The Hall–Kier alpha value is -1.31. The molecule has 0 aliphatic carbocycles. The summed E-state index contributed by atoms with van der Waals surface area (Å²) in [7, 11) is 0. The van der Waals surface area contributed by atoms with Crippen LogP contribution in [-0.4, -0.2) is 9.61 Å². The third kappa shape index (κ3) is 1.95. The third-order valence-electron chi connectivity index (χ3n) is 2.19. The molecule has 0 amide bonds. The second kappa shape index (κ2) is 4.80. The van der Waals surface area contributed by atoms with Gasteiger partial charge in [-0.2, -0.15) is 5.10 Å². The Morgan fingerprint density at radius 2 is 2.07 bits per heavy atom. The van der Waals surface area contributed by atoms with E-state index in [4.69, 9.17) is 0 Å². The van der Waals surface area contributed by atoms with Crippen molar-refractivity contribution < 1.29 is 0 Å². The zero-order valence-corrected chi connectivity index (χ0v) is 9.41. The number of aryl methyl sites for hydroxylation is 2. The summed E-state index contributed by atoms with van der Waals surface area (Å²) in [6.45, 7) is 8.25. The van der Waals surface area contributed by atoms with Gasteiger partial charge in [0.2, 0.25) is 0 Å². The predicted octanol–water partition coefficient (Wildman–Crippen LogP) is 3.23. The van der Waals surface area contributed by atoms with E-state index in [2.05, 4.69) is 31.1 Å². The van der Waals surface area contributed by atoms with Crippen molar-refractivity contribution in [1.29, 1.82) is 0 Å². The second-order valence-electron chi connectivity index (χ2n) is 3.05. The zero-order valence-electron chi connectivity index (χ0n) is 9.41. The molecule has 2 aromatic heterocycles. The molecule has 2 heterocycles. The van der Waals surface area contributed by atoms with Crippen LogP contribution in [0.25, 0.3) is 5.52 Å². The molecule has 2 heteroatoms. The first-order chi connectivity index (χ1) is 6.81. The van der Waals surface area contributed by atoms with Gasteiger partial charge in [-0.1, -0.05) is 20.8 Å². The Morgan fingerprint density at radius 3 is 2.71 bits per heavy atom. The predicted molar refractivity (Wildman–Crippen MR) is 60.7 cm³/mol. The Bertz CT molecular complexity index is 402. The van der Waals surface area contributed by atoms with Crippen LogP contribution in [0.2, 0.25) is 0 Å². The number of aromatic nitrogens is 2. The van der Waals surface area contributed by atoms with Gasteiger partial charge in [-0.25, -0.2) is 4.52 Å². The number of hydrogen-bond acceptors (Lipinski definition) is 1. The van der Waals surface area contributed by atoms with Gasteiger partial charge in [0.25, 0.3) is 0 Å². The van der Waals surface area contributed by atoms with E-state index in [0.29, 0.717) is 0 Å². The van der Waals surface area contributed by atoms with E-state index >= 15 is 0 Å². The molecular formula is C12H18N2. The normalized spacial score (nSPS) is 9.71. The van der Waals surface area contributed by atoms with Gasteiger partial charge in [0.15, 0.2) is 0 Å². The molecule has 0 unspecified atom stereocenters. The van der Waals surface area contributed by atoms with Gasteiger partial charge < -0.3 is 0 Å². The highest BCUT2D eigenvalue weighted by Crippen LogP contribution is 2.11. The van der Waals surface area contributed by atoms with E-state index in [1.54, 1.807) is 0 Å². The topological polar surface area (TPSA) is 17.3 Å². The summed E-state index contributed by atoms with van der Waals surface area (Å²) >= 11 is 0. The monoisotopic (exact) mass is 190 g/mol. The van der Waals surface area contributed by atoms with Gasteiger partial charge >= 0.3 is 0 Å². The minimum atomic E-state index is 1.08. The lowest BCUT2D eigenvalue weighted by Crippen LogP contribution is -1.88. The van der Waals surface area contributed by atoms with Crippen molar-refractivity contribution in [2.45, 2.75) is 34.1 Å². The van der Waals surface area contributed by atoms with Gasteiger partial charge in [0, 0.05) is 6.20 Å². The van der Waals surface area contributed by atoms with Crippen molar-refractivity contribution in [2.75, 3.05) is 0 Å². The van der Waals surface area contributed by atoms with Crippen molar-refractivity contribution in [2.24, 2.45) is 0 Å². The fourth-order valence-corrected chi connectivity index (χ4v) is 1.37. The minimum absolute atomic E-state index is 1.08. The first-order valence-corrected chi connectivity index (χ1v) is 5.24. The first-order valence-electron chi connectivity index (χ1n) is 5.24. The van der Waals surface area contributed by atoms with Crippen molar-refractivity contribution in [1.82, 2.24) is 9.61 Å². The lowest BCUT2D eigenvalue weighted by molar-refractivity contribution is 0.951. The van der Waals surface area contributed by atoms with Crippen molar-refractivity contribution >= 4 is 5.52 Å². The number of rotatable bonds is 1. The van der Waals surface area contributed by atoms with Crippen LogP contribution in [0.5, 0.6) is 0 Å². The van der Waals surface area contributed by atoms with Crippen LogP contribution in [0.15, 0.2) is 24.5 Å². The van der Waals surface area contributed by atoms with E-state index in [1.165, 1.54) is 16.6 Å². The summed E-state index contributed by atoms with van der Waals surface area (Å²) < 4.78 is 1.91. The maximum Gasteiger partial charge on any atom is 0.0693 e. The molecule has 76 valence electrons. The van der Waals surface area contributed by atoms with E-state index in [-0.39, 0.29) is 0 Å². The van der Waals surface area contributed by atoms with E-state index < -0.39 is 0 Å². The molecule has 0 N–H and O–H groups in total. The summed E-state index contributed by atoms with van der Waals surface area (Å²) in [5.74, 6) is 0. The zero-order chi connectivity index (χ0) is 10.6. The highest BCUT2D eigenvalue weighted by Gasteiger charge is 1.98. The number of nitrogens with zero attached hydrogens (tertiary/aromatic N) is 2. The smallest absolute Gasteiger partial charge is 0.0693 e. The lowest BCUT2D eigenvalue weighted by Gasteiger charge is -1.97. The molecule has 2 aromatic rings. The second-order valence-corrected chi connectivity index (χ2v) is 3.05. The summed E-state index contributed by atoms with van der Waals surface area (Å²) in [6, 6.07) is 4.31. The fraction of sp³-hybridized carbons (Fsp3) is 0.417. The molecule has 14 heavy (non-hydrogen) atoms. The Balaban J connectivity index is 0.000000461. The van der Waals surface area contributed by atoms with Crippen LogP contribution in [0.3, 0.4) is 0 Å². The molecule has 0 atom stereocenters. The summed E-state index contributed by atoms with van der Waals surface area (Å²) in [5, 5.41) is 4.21. The molecule has 0 saturated carbocycles. The maximum atomic E-state index is 4.21. The molecule has 0 radical (unpaired) electrons. The standard InChI is InChI=1S/C10H12N2.C2H6/c1-3-9-4-5-12-10(6-9)8(2)7-11-12;1-2/h4-7H,3H2,1-2H3;1-2H3. The first kappa shape index (κ1) is 10.8. The highest BCUT2D eigenvalue weighted by molar-refractivity contribution is 5.54. The van der Waals surface area contributed by atoms with Gasteiger partial charge in [0.1, 0.15) is 0 Å². The third-order valence-corrected chi connectivity index (χ3v) is 2.19. The van der Waals surface area contributed by atoms with Crippen molar-refractivity contribution in [3.8, 4) is 0 Å². The van der Waals surface area contributed by atoms with Gasteiger partial charge in [-0.3, -0.25) is 0 Å². The Kier molecular flexibility index (Phi) is 3.69. The summed E-state index contributed by atoms with van der Waals surface area (Å²) in [4.78, 5) is 0. The lowest BCUT2D eigenvalue weighted by atomic mass is 10.2. The molecule has 0 saturated heterocycles. The Morgan fingerprint density at radius 1 is 1.36 bits per heavy atom. The van der Waals surface area contributed by atoms with Crippen LogP contribution in [0, 0.1) is 6.92 Å². The van der Waals surface area contributed by atoms with Crippen LogP contribution in [0.1, 0.15) is 31.9 Å². The average Bonchev–Trinajstić information content (AvgIpc) is 2.63. The maximum absolute atomic E-state index is 4.21. The SMILES string of the molecule is CC.CCc1ccn2ncc(C)c2c1. The van der Waals surface area contributed by atoms with Crippen LogP contribution < -0.4 is 0 Å². The molecule has 0 aliphatic heterocycles. The number of hydrogen-bond donors (Lipinski definition) is 0. The molecule has 2 nitrogen and oxygen atoms in total. The minimum Gasteiger partial charge on any atom is -0.241 e. The number of fused-ring (bicyclic) bond motifs is 1. The van der Waals surface area contributed by atoms with Crippen LogP contribution in [0.4, 0.5) is 0 Å². The van der Waals surface area contributed by atoms with Crippen molar-refractivity contribution in [3.05, 3.63) is 35.7 Å². The quantitative estimate of drug-likeness (QED) is 0.675. The molecule has 0 bridgehead atoms. The van der Waals surface area contributed by atoms with E-state index in [0.717, 1.165) is 6.42 Å². The van der Waals surface area contributed by atoms with E-state index in [1.807, 2.05) is 30.8 Å². The van der Waals surface area contributed by atoms with Gasteiger partial charge in [-0.15, -0.1) is 0 Å². The van der Waals surface area contributed by atoms with Crippen LogP contribution >= 0.6 is 0 Å². The fourth-order valence-electron chi connectivity index (χ4n) is 1.37.